The summed E-state index contributed by atoms with van der Waals surface area (Å²) in [5.74, 6) is -0.225. The topological polar surface area (TPSA) is 57.6 Å². The summed E-state index contributed by atoms with van der Waals surface area (Å²) in [6.45, 7) is 7.05. The van der Waals surface area contributed by atoms with Crippen LogP contribution >= 0.6 is 0 Å². The van der Waals surface area contributed by atoms with E-state index in [9.17, 15) is 8.42 Å². The van der Waals surface area contributed by atoms with Crippen LogP contribution in [0.3, 0.4) is 0 Å². The van der Waals surface area contributed by atoms with Gasteiger partial charge in [0.2, 0.25) is 0 Å². The molecule has 0 unspecified atom stereocenters. The van der Waals surface area contributed by atoms with E-state index in [1.54, 1.807) is 6.20 Å². The Morgan fingerprint density at radius 1 is 0.905 bits per heavy atom. The van der Waals surface area contributed by atoms with E-state index in [1.165, 1.54) is 57.8 Å². The molecule has 0 aromatic heterocycles. The van der Waals surface area contributed by atoms with Gasteiger partial charge in [-0.2, -0.15) is 8.42 Å². The number of nitrogens with zero attached hydrogens (tertiary/aromatic N) is 1. The van der Waals surface area contributed by atoms with Gasteiger partial charge in [-0.15, -0.1) is 0 Å². The van der Waals surface area contributed by atoms with Gasteiger partial charge in [0, 0.05) is 13.1 Å². The van der Waals surface area contributed by atoms with Crippen LogP contribution < -0.4 is 0 Å². The maximum absolute atomic E-state index is 10.7. The molecule has 0 aliphatic carbocycles. The highest BCUT2D eigenvalue weighted by Crippen LogP contribution is 2.10. The lowest BCUT2D eigenvalue weighted by atomic mass is 10.1. The zero-order chi connectivity index (χ0) is 16.0. The van der Waals surface area contributed by atoms with Crippen molar-refractivity contribution < 1.29 is 13.0 Å². The average molecular weight is 320 g/mol. The molecule has 0 aromatic carbocycles. The van der Waals surface area contributed by atoms with E-state index in [4.69, 9.17) is 4.55 Å². The van der Waals surface area contributed by atoms with Gasteiger partial charge in [0.15, 0.2) is 0 Å². The first-order valence-electron chi connectivity index (χ1n) is 8.31. The van der Waals surface area contributed by atoms with Gasteiger partial charge >= 0.3 is 0 Å². The summed E-state index contributed by atoms with van der Waals surface area (Å²) in [5, 5.41) is 0. The van der Waals surface area contributed by atoms with Crippen LogP contribution in [0.4, 0.5) is 0 Å². The minimum Gasteiger partial charge on any atom is -0.377 e. The lowest BCUT2D eigenvalue weighted by molar-refractivity contribution is 0.374. The third-order valence-corrected chi connectivity index (χ3v) is 4.39. The third kappa shape index (κ3) is 15.7. The van der Waals surface area contributed by atoms with Crippen LogP contribution in [0.2, 0.25) is 0 Å². The maximum atomic E-state index is 10.7. The molecule has 0 aliphatic rings. The van der Waals surface area contributed by atoms with Crippen LogP contribution in [0.25, 0.3) is 0 Å². The zero-order valence-corrected chi connectivity index (χ0v) is 14.4. The first kappa shape index (κ1) is 20.5. The summed E-state index contributed by atoms with van der Waals surface area (Å²) in [5.41, 5.74) is 0. The molecule has 126 valence electrons. The van der Waals surface area contributed by atoms with Gasteiger partial charge in [-0.05, 0) is 12.6 Å². The molecule has 0 amide bonds. The predicted molar refractivity (Wildman–Crippen MR) is 90.0 cm³/mol. The molecule has 0 spiro atoms. The summed E-state index contributed by atoms with van der Waals surface area (Å²) in [7, 11) is -3.87. The second-order valence-electron chi connectivity index (χ2n) is 5.69. The van der Waals surface area contributed by atoms with Crippen molar-refractivity contribution in [2.24, 2.45) is 0 Å². The van der Waals surface area contributed by atoms with Crippen molar-refractivity contribution >= 4 is 10.1 Å². The van der Waals surface area contributed by atoms with E-state index in [0.29, 0.717) is 6.54 Å². The molecule has 0 saturated carbocycles. The molecule has 0 saturated heterocycles. The summed E-state index contributed by atoms with van der Waals surface area (Å²) < 4.78 is 30.1. The largest absolute Gasteiger partial charge is 0.377 e. The number of rotatable bonds is 15. The van der Waals surface area contributed by atoms with Crippen LogP contribution in [0, 0.1) is 0 Å². The van der Waals surface area contributed by atoms with Crippen LogP contribution in [-0.2, 0) is 10.1 Å². The highest BCUT2D eigenvalue weighted by molar-refractivity contribution is 7.85. The Bertz CT molecular complexity index is 341. The molecule has 0 radical (unpaired) electrons. The first-order chi connectivity index (χ1) is 9.99. The van der Waals surface area contributed by atoms with Crippen LogP contribution in [0.1, 0.15) is 71.1 Å². The lowest BCUT2D eigenvalue weighted by Crippen LogP contribution is -2.25. The molecule has 5 heteroatoms. The highest BCUT2D eigenvalue weighted by atomic mass is 32.2. The van der Waals surface area contributed by atoms with Crippen molar-refractivity contribution in [3.8, 4) is 0 Å². The van der Waals surface area contributed by atoms with E-state index in [1.807, 2.05) is 4.90 Å². The fourth-order valence-corrected chi connectivity index (χ4v) is 2.79. The Labute approximate surface area is 131 Å². The first-order valence-corrected chi connectivity index (χ1v) is 9.92. The molecular weight excluding hydrogens is 286 g/mol. The minimum absolute atomic E-state index is 0.225. The fourth-order valence-electron chi connectivity index (χ4n) is 2.33. The molecule has 0 aliphatic heterocycles. The van der Waals surface area contributed by atoms with Crippen molar-refractivity contribution in [3.05, 3.63) is 12.8 Å². The Balaban J connectivity index is 3.41. The van der Waals surface area contributed by atoms with Crippen LogP contribution in [0.5, 0.6) is 0 Å². The van der Waals surface area contributed by atoms with Gasteiger partial charge in [-0.25, -0.2) is 0 Å². The molecule has 0 bridgehead atoms. The van der Waals surface area contributed by atoms with Gasteiger partial charge < -0.3 is 4.90 Å². The molecule has 4 nitrogen and oxygen atoms in total. The van der Waals surface area contributed by atoms with E-state index >= 15 is 0 Å². The molecule has 0 heterocycles. The average Bonchev–Trinajstić information content (AvgIpc) is 2.43. The van der Waals surface area contributed by atoms with Gasteiger partial charge in [0.05, 0.1) is 5.75 Å². The Hall–Kier alpha value is -0.550. The predicted octanol–water partition coefficient (Wildman–Crippen LogP) is 4.24. The number of hydrogen-bond donors (Lipinski definition) is 1. The second kappa shape index (κ2) is 13.1. The van der Waals surface area contributed by atoms with E-state index in [0.717, 1.165) is 13.0 Å². The molecule has 21 heavy (non-hydrogen) atoms. The molecule has 0 rings (SSSR count). The van der Waals surface area contributed by atoms with E-state index in [-0.39, 0.29) is 5.75 Å². The minimum atomic E-state index is -3.87. The van der Waals surface area contributed by atoms with E-state index < -0.39 is 10.1 Å². The highest BCUT2D eigenvalue weighted by Gasteiger charge is 2.07. The van der Waals surface area contributed by atoms with Gasteiger partial charge in [-0.1, -0.05) is 71.3 Å². The lowest BCUT2D eigenvalue weighted by Gasteiger charge is -2.18. The van der Waals surface area contributed by atoms with Crippen molar-refractivity contribution in [1.82, 2.24) is 4.90 Å². The molecule has 0 fully saturated rings. The van der Waals surface area contributed by atoms with Crippen molar-refractivity contribution in [3.63, 3.8) is 0 Å². The summed E-state index contributed by atoms with van der Waals surface area (Å²) in [6.07, 6.45) is 14.5. The smallest absolute Gasteiger partial charge is 0.266 e. The van der Waals surface area contributed by atoms with Crippen molar-refractivity contribution in [2.45, 2.75) is 71.1 Å². The monoisotopic (exact) mass is 319 g/mol. The van der Waals surface area contributed by atoms with Crippen molar-refractivity contribution in [2.75, 3.05) is 18.8 Å². The molecular formula is C16H33NO3S. The molecule has 0 atom stereocenters. The van der Waals surface area contributed by atoms with Crippen LogP contribution in [-0.4, -0.2) is 36.7 Å². The van der Waals surface area contributed by atoms with Crippen LogP contribution in [0.15, 0.2) is 12.8 Å². The second-order valence-corrected chi connectivity index (χ2v) is 7.26. The van der Waals surface area contributed by atoms with Crippen molar-refractivity contribution in [1.29, 1.82) is 0 Å². The zero-order valence-electron chi connectivity index (χ0n) is 13.6. The summed E-state index contributed by atoms with van der Waals surface area (Å²) >= 11 is 0. The normalized spacial score (nSPS) is 11.5. The number of unbranched alkanes of at least 4 members (excludes halogenated alkanes) is 9. The van der Waals surface area contributed by atoms with Gasteiger partial charge in [0.25, 0.3) is 10.1 Å². The number of hydrogen-bond acceptors (Lipinski definition) is 3. The standard InChI is InChI=1S/C16H33NO3S/c1-3-5-6-7-8-9-10-11-12-13-14-17(4-2)15-16-21(18,19)20/h4H,2-3,5-16H2,1H3,(H,18,19,20). The third-order valence-electron chi connectivity index (χ3n) is 3.69. The molecule has 0 aromatic rings. The summed E-state index contributed by atoms with van der Waals surface area (Å²) in [4.78, 5) is 1.86. The Kier molecular flexibility index (Phi) is 12.8. The van der Waals surface area contributed by atoms with Gasteiger partial charge in [0.1, 0.15) is 0 Å². The fraction of sp³-hybridized carbons (Fsp3) is 0.875. The quantitative estimate of drug-likeness (QED) is 0.362. The SMILES string of the molecule is C=CN(CCCCCCCCCCCC)CCS(=O)(=O)O. The Morgan fingerprint density at radius 3 is 1.81 bits per heavy atom. The Morgan fingerprint density at radius 2 is 1.38 bits per heavy atom. The summed E-state index contributed by atoms with van der Waals surface area (Å²) in [6, 6.07) is 0. The maximum Gasteiger partial charge on any atom is 0.266 e. The van der Waals surface area contributed by atoms with Gasteiger partial charge in [-0.3, -0.25) is 4.55 Å². The molecule has 1 N–H and O–H groups in total. The van der Waals surface area contributed by atoms with E-state index in [2.05, 4.69) is 13.5 Å².